The van der Waals surface area contributed by atoms with E-state index in [-0.39, 0.29) is 42.5 Å². The van der Waals surface area contributed by atoms with Crippen molar-refractivity contribution in [2.24, 2.45) is 11.8 Å². The topological polar surface area (TPSA) is 79.4 Å². The van der Waals surface area contributed by atoms with Crippen LogP contribution in [0, 0.1) is 11.8 Å². The predicted octanol–water partition coefficient (Wildman–Crippen LogP) is 1.04. The average molecular weight is 313 g/mol. The van der Waals surface area contributed by atoms with Gasteiger partial charge >= 0.3 is 0 Å². The summed E-state index contributed by atoms with van der Waals surface area (Å²) < 4.78 is 0. The van der Waals surface area contributed by atoms with Crippen LogP contribution in [-0.4, -0.2) is 34.2 Å². The van der Waals surface area contributed by atoms with Crippen LogP contribution in [0.2, 0.25) is 0 Å². The first-order valence-electron chi connectivity index (χ1n) is 7.83. The van der Waals surface area contributed by atoms with E-state index in [0.717, 1.165) is 5.69 Å². The van der Waals surface area contributed by atoms with Crippen LogP contribution in [0.1, 0.15) is 25.0 Å². The standard InChI is InChI=1S/C17H19N3O3/c21-15(19-11-12-5-3-4-9-18-12)8-10-20-16(22)13-6-1-2-7-14(13)17(20)23/h1-5,9,13-14H,6-8,10-11H2,(H,19,21)/t13-,14+. The lowest BCUT2D eigenvalue weighted by Crippen LogP contribution is -2.35. The zero-order chi connectivity index (χ0) is 16.2. The largest absolute Gasteiger partial charge is 0.350 e. The van der Waals surface area contributed by atoms with Crippen molar-refractivity contribution < 1.29 is 14.4 Å². The minimum atomic E-state index is -0.232. The van der Waals surface area contributed by atoms with Crippen molar-refractivity contribution in [1.29, 1.82) is 0 Å². The van der Waals surface area contributed by atoms with Gasteiger partial charge in [0, 0.05) is 19.2 Å². The Balaban J connectivity index is 1.49. The minimum absolute atomic E-state index is 0.122. The number of nitrogens with zero attached hydrogens (tertiary/aromatic N) is 2. The molecule has 120 valence electrons. The maximum Gasteiger partial charge on any atom is 0.233 e. The molecule has 2 heterocycles. The molecule has 2 atom stereocenters. The van der Waals surface area contributed by atoms with Crippen LogP contribution in [-0.2, 0) is 20.9 Å². The molecule has 0 radical (unpaired) electrons. The van der Waals surface area contributed by atoms with Crippen molar-refractivity contribution in [3.63, 3.8) is 0 Å². The van der Waals surface area contributed by atoms with Gasteiger partial charge in [-0.05, 0) is 25.0 Å². The zero-order valence-corrected chi connectivity index (χ0v) is 12.8. The third-order valence-corrected chi connectivity index (χ3v) is 4.35. The van der Waals surface area contributed by atoms with Crippen LogP contribution in [0.4, 0.5) is 0 Å². The Kier molecular flexibility index (Phi) is 4.50. The highest BCUT2D eigenvalue weighted by molar-refractivity contribution is 6.05. The number of nitrogens with one attached hydrogen (secondary N) is 1. The van der Waals surface area contributed by atoms with E-state index in [0.29, 0.717) is 19.4 Å². The Hall–Kier alpha value is -2.50. The lowest BCUT2D eigenvalue weighted by molar-refractivity contribution is -0.140. The van der Waals surface area contributed by atoms with Gasteiger partial charge in [0.25, 0.3) is 0 Å². The van der Waals surface area contributed by atoms with Crippen LogP contribution in [0.25, 0.3) is 0 Å². The molecule has 0 spiro atoms. The highest BCUT2D eigenvalue weighted by atomic mass is 16.2. The zero-order valence-electron chi connectivity index (χ0n) is 12.8. The van der Waals surface area contributed by atoms with Crippen molar-refractivity contribution in [2.75, 3.05) is 6.54 Å². The van der Waals surface area contributed by atoms with E-state index in [9.17, 15) is 14.4 Å². The Morgan fingerprint density at radius 1 is 1.17 bits per heavy atom. The first-order valence-corrected chi connectivity index (χ1v) is 7.83. The molecule has 6 nitrogen and oxygen atoms in total. The van der Waals surface area contributed by atoms with Crippen molar-refractivity contribution in [3.05, 3.63) is 42.2 Å². The van der Waals surface area contributed by atoms with Crippen molar-refractivity contribution in [1.82, 2.24) is 15.2 Å². The molecule has 23 heavy (non-hydrogen) atoms. The molecule has 1 aliphatic carbocycles. The van der Waals surface area contributed by atoms with E-state index in [1.54, 1.807) is 6.20 Å². The summed E-state index contributed by atoms with van der Waals surface area (Å²) in [5.41, 5.74) is 0.770. The predicted molar refractivity (Wildman–Crippen MR) is 82.8 cm³/mol. The van der Waals surface area contributed by atoms with Gasteiger partial charge in [-0.25, -0.2) is 0 Å². The highest BCUT2D eigenvalue weighted by Gasteiger charge is 2.46. The second-order valence-corrected chi connectivity index (χ2v) is 5.83. The molecule has 2 aliphatic rings. The number of carbonyl (C=O) groups is 3. The number of aromatic nitrogens is 1. The highest BCUT2D eigenvalue weighted by Crippen LogP contribution is 2.34. The molecule has 1 saturated heterocycles. The summed E-state index contributed by atoms with van der Waals surface area (Å²) in [5, 5.41) is 2.75. The van der Waals surface area contributed by atoms with Crippen molar-refractivity contribution in [3.8, 4) is 0 Å². The number of hydrogen-bond acceptors (Lipinski definition) is 4. The number of allylic oxidation sites excluding steroid dienone is 2. The lowest BCUT2D eigenvalue weighted by Gasteiger charge is -2.14. The number of pyridine rings is 1. The number of fused-ring (bicyclic) bond motifs is 1. The number of likely N-dealkylation sites (tertiary alicyclic amines) is 1. The van der Waals surface area contributed by atoms with E-state index in [1.807, 2.05) is 30.4 Å². The van der Waals surface area contributed by atoms with Crippen LogP contribution in [0.15, 0.2) is 36.5 Å². The molecule has 1 fully saturated rings. The fourth-order valence-corrected chi connectivity index (χ4v) is 3.08. The van der Waals surface area contributed by atoms with Crippen LogP contribution < -0.4 is 5.32 Å². The van der Waals surface area contributed by atoms with Crippen molar-refractivity contribution >= 4 is 17.7 Å². The van der Waals surface area contributed by atoms with E-state index in [4.69, 9.17) is 0 Å². The first-order chi connectivity index (χ1) is 11.2. The molecule has 1 aromatic heterocycles. The average Bonchev–Trinajstić information content (AvgIpc) is 2.83. The van der Waals surface area contributed by atoms with Crippen LogP contribution in [0.3, 0.4) is 0 Å². The van der Waals surface area contributed by atoms with Gasteiger partial charge in [0.05, 0.1) is 24.1 Å². The lowest BCUT2D eigenvalue weighted by atomic mass is 9.85. The van der Waals surface area contributed by atoms with E-state index >= 15 is 0 Å². The second-order valence-electron chi connectivity index (χ2n) is 5.83. The molecular weight excluding hydrogens is 294 g/mol. The number of carbonyl (C=O) groups excluding carboxylic acids is 3. The number of hydrogen-bond donors (Lipinski definition) is 1. The maximum atomic E-state index is 12.3. The fraction of sp³-hybridized carbons (Fsp3) is 0.412. The van der Waals surface area contributed by atoms with Crippen molar-refractivity contribution in [2.45, 2.75) is 25.8 Å². The normalized spacial score (nSPS) is 23.0. The van der Waals surface area contributed by atoms with E-state index < -0.39 is 0 Å². The molecule has 0 aromatic carbocycles. The second kappa shape index (κ2) is 6.73. The monoisotopic (exact) mass is 313 g/mol. The van der Waals surface area contributed by atoms with E-state index in [2.05, 4.69) is 10.3 Å². The number of amides is 3. The molecular formula is C17H19N3O3. The van der Waals surface area contributed by atoms with Gasteiger partial charge in [-0.1, -0.05) is 18.2 Å². The van der Waals surface area contributed by atoms with Gasteiger partial charge in [0.1, 0.15) is 0 Å². The summed E-state index contributed by atoms with van der Waals surface area (Å²) >= 11 is 0. The maximum absolute atomic E-state index is 12.3. The van der Waals surface area contributed by atoms with E-state index in [1.165, 1.54) is 4.90 Å². The molecule has 6 heteroatoms. The summed E-state index contributed by atoms with van der Waals surface area (Å²) in [6.07, 6.45) is 6.94. The van der Waals surface area contributed by atoms with Crippen LogP contribution in [0.5, 0.6) is 0 Å². The Bertz CT molecular complexity index is 616. The third-order valence-electron chi connectivity index (χ3n) is 4.35. The molecule has 0 bridgehead atoms. The summed E-state index contributed by atoms with van der Waals surface area (Å²) in [6.45, 7) is 0.495. The van der Waals surface area contributed by atoms with Gasteiger partial charge < -0.3 is 5.32 Å². The number of imide groups is 1. The quantitative estimate of drug-likeness (QED) is 0.651. The Morgan fingerprint density at radius 3 is 2.48 bits per heavy atom. The first kappa shape index (κ1) is 15.4. The summed E-state index contributed by atoms with van der Waals surface area (Å²) in [5.74, 6) is -0.929. The molecule has 1 aliphatic heterocycles. The molecule has 1 aromatic rings. The fourth-order valence-electron chi connectivity index (χ4n) is 3.08. The molecule has 1 N–H and O–H groups in total. The summed E-state index contributed by atoms with van der Waals surface area (Å²) in [7, 11) is 0. The van der Waals surface area contributed by atoms with Gasteiger partial charge in [-0.3, -0.25) is 24.3 Å². The Labute approximate surface area is 134 Å². The minimum Gasteiger partial charge on any atom is -0.350 e. The van der Waals surface area contributed by atoms with Crippen LogP contribution >= 0.6 is 0 Å². The SMILES string of the molecule is O=C(CCN1C(=O)[C@H]2CC=CC[C@H]2C1=O)NCc1ccccn1. The number of rotatable bonds is 5. The summed E-state index contributed by atoms with van der Waals surface area (Å²) in [4.78, 5) is 41.8. The van der Waals surface area contributed by atoms with Gasteiger partial charge in [-0.2, -0.15) is 0 Å². The van der Waals surface area contributed by atoms with Gasteiger partial charge in [-0.15, -0.1) is 0 Å². The molecule has 0 unspecified atom stereocenters. The van der Waals surface area contributed by atoms with Gasteiger partial charge in [0.15, 0.2) is 0 Å². The van der Waals surface area contributed by atoms with Gasteiger partial charge in [0.2, 0.25) is 17.7 Å². The Morgan fingerprint density at radius 2 is 1.87 bits per heavy atom. The molecule has 3 rings (SSSR count). The molecule has 3 amide bonds. The third kappa shape index (κ3) is 3.31. The smallest absolute Gasteiger partial charge is 0.233 e. The summed E-state index contributed by atoms with van der Waals surface area (Å²) in [6, 6.07) is 5.49. The molecule has 0 saturated carbocycles.